The van der Waals surface area contributed by atoms with Gasteiger partial charge in [-0.15, -0.1) is 0 Å². The van der Waals surface area contributed by atoms with Crippen LogP contribution in [-0.4, -0.2) is 42.7 Å². The van der Waals surface area contributed by atoms with Crippen LogP contribution in [0.3, 0.4) is 0 Å². The molecule has 0 aliphatic carbocycles. The lowest BCUT2D eigenvalue weighted by molar-refractivity contribution is -0.145. The largest absolute Gasteiger partial charge is 0.490 e. The van der Waals surface area contributed by atoms with Crippen molar-refractivity contribution in [1.82, 2.24) is 5.32 Å². The average Bonchev–Trinajstić information content (AvgIpc) is 2.77. The second-order valence-electron chi connectivity index (χ2n) is 6.77. The molecule has 11 heteroatoms. The number of hydrogen-bond acceptors (Lipinski definition) is 7. The lowest BCUT2D eigenvalue weighted by Gasteiger charge is -2.29. The van der Waals surface area contributed by atoms with E-state index in [9.17, 15) is 18.8 Å². The van der Waals surface area contributed by atoms with Gasteiger partial charge in [-0.1, -0.05) is 12.1 Å². The number of anilines is 1. The third-order valence-corrected chi connectivity index (χ3v) is 5.56. The van der Waals surface area contributed by atoms with E-state index in [0.717, 1.165) is 4.90 Å². The molecular weight excluding hydrogens is 578 g/mol. The molecule has 2 aromatic carbocycles. The van der Waals surface area contributed by atoms with Crippen molar-refractivity contribution in [2.24, 2.45) is 0 Å². The van der Waals surface area contributed by atoms with E-state index in [2.05, 4.69) is 5.32 Å². The fraction of sp³-hybridized carbons (Fsp3) is 0.217. The van der Waals surface area contributed by atoms with E-state index >= 15 is 0 Å². The van der Waals surface area contributed by atoms with Crippen LogP contribution in [0.4, 0.5) is 10.1 Å². The molecular formula is C23H20FIN2O6S. The van der Waals surface area contributed by atoms with Gasteiger partial charge in [0.05, 0.1) is 22.5 Å². The molecule has 1 aliphatic rings. The normalized spacial score (nSPS) is 14.8. The Balaban J connectivity index is 1.97. The standard InChI is InChI=1S/C23H20FIN2O6S/c1-3-31-18-11-13(10-16(25)20(18)33-12-19(28)32-4-2)9-14-21(29)26-23(34)27(22(14)30)17-8-6-5-7-15(17)24/h5-11H,3-4,12H2,1-2H3,(H,26,29,34)/b14-9+. The maximum Gasteiger partial charge on any atom is 0.344 e. The Labute approximate surface area is 214 Å². The molecule has 1 heterocycles. The Kier molecular flexibility index (Phi) is 8.56. The monoisotopic (exact) mass is 598 g/mol. The Hall–Kier alpha value is -3.06. The van der Waals surface area contributed by atoms with Gasteiger partial charge in [0.15, 0.2) is 23.2 Å². The number of hydrogen-bond donors (Lipinski definition) is 1. The van der Waals surface area contributed by atoms with Crippen LogP contribution in [0.2, 0.25) is 0 Å². The minimum absolute atomic E-state index is 0.0734. The molecule has 0 spiro atoms. The van der Waals surface area contributed by atoms with Crippen molar-refractivity contribution in [3.8, 4) is 11.5 Å². The van der Waals surface area contributed by atoms with E-state index in [0.29, 0.717) is 27.2 Å². The number of carbonyl (C=O) groups excluding carboxylic acids is 3. The molecule has 3 rings (SSSR count). The van der Waals surface area contributed by atoms with Gasteiger partial charge in [0.25, 0.3) is 11.8 Å². The Bertz CT molecular complexity index is 1190. The third kappa shape index (κ3) is 5.70. The minimum Gasteiger partial charge on any atom is -0.490 e. The van der Waals surface area contributed by atoms with Crippen molar-refractivity contribution >= 4 is 69.5 Å². The van der Waals surface area contributed by atoms with Crippen molar-refractivity contribution in [2.75, 3.05) is 24.7 Å². The molecule has 1 N–H and O–H groups in total. The van der Waals surface area contributed by atoms with Gasteiger partial charge in [0.2, 0.25) is 0 Å². The van der Waals surface area contributed by atoms with Crippen LogP contribution >= 0.6 is 34.8 Å². The van der Waals surface area contributed by atoms with Crippen molar-refractivity contribution in [3.63, 3.8) is 0 Å². The maximum atomic E-state index is 14.3. The predicted octanol–water partition coefficient (Wildman–Crippen LogP) is 3.60. The fourth-order valence-corrected chi connectivity index (χ4v) is 4.14. The summed E-state index contributed by atoms with van der Waals surface area (Å²) >= 11 is 7.10. The van der Waals surface area contributed by atoms with Crippen molar-refractivity contribution < 1.29 is 33.0 Å². The quantitative estimate of drug-likeness (QED) is 0.163. The van der Waals surface area contributed by atoms with Crippen LogP contribution in [0.25, 0.3) is 6.08 Å². The number of benzene rings is 2. The van der Waals surface area contributed by atoms with E-state index in [1.807, 2.05) is 22.6 Å². The predicted molar refractivity (Wildman–Crippen MR) is 135 cm³/mol. The number of rotatable bonds is 8. The lowest BCUT2D eigenvalue weighted by Crippen LogP contribution is -2.54. The summed E-state index contributed by atoms with van der Waals surface area (Å²) < 4.78 is 31.0. The van der Waals surface area contributed by atoms with E-state index in [-0.39, 0.29) is 29.6 Å². The summed E-state index contributed by atoms with van der Waals surface area (Å²) in [6, 6.07) is 8.84. The fourth-order valence-electron chi connectivity index (χ4n) is 3.08. The molecule has 1 saturated heterocycles. The summed E-state index contributed by atoms with van der Waals surface area (Å²) in [4.78, 5) is 38.3. The number of thiocarbonyl (C=S) groups is 1. The third-order valence-electron chi connectivity index (χ3n) is 4.48. The smallest absolute Gasteiger partial charge is 0.344 e. The molecule has 8 nitrogen and oxygen atoms in total. The molecule has 0 aromatic heterocycles. The van der Waals surface area contributed by atoms with Crippen LogP contribution < -0.4 is 19.7 Å². The average molecular weight is 598 g/mol. The summed E-state index contributed by atoms with van der Waals surface area (Å²) in [5.41, 5.74) is 0.141. The molecule has 1 fully saturated rings. The minimum atomic E-state index is -0.769. The van der Waals surface area contributed by atoms with Crippen LogP contribution in [0.5, 0.6) is 11.5 Å². The summed E-state index contributed by atoms with van der Waals surface area (Å²) in [5.74, 6) is -2.03. The molecule has 178 valence electrons. The summed E-state index contributed by atoms with van der Waals surface area (Å²) in [6.45, 7) is 3.70. The number of nitrogens with one attached hydrogen (secondary N) is 1. The molecule has 0 saturated carbocycles. The molecule has 1 aliphatic heterocycles. The molecule has 0 bridgehead atoms. The number of ether oxygens (including phenoxy) is 3. The SMILES string of the molecule is CCOC(=O)COc1c(I)cc(/C=C2\C(=O)NC(=S)N(c3ccccc3F)C2=O)cc1OCC. The van der Waals surface area contributed by atoms with E-state index < -0.39 is 23.6 Å². The molecule has 0 radical (unpaired) electrons. The zero-order valence-electron chi connectivity index (χ0n) is 18.2. The second kappa shape index (κ2) is 11.4. The number of esters is 1. The zero-order chi connectivity index (χ0) is 24.8. The summed E-state index contributed by atoms with van der Waals surface area (Å²) in [5, 5.41) is 2.20. The van der Waals surface area contributed by atoms with E-state index in [1.165, 1.54) is 24.3 Å². The first-order valence-corrected chi connectivity index (χ1v) is 11.7. The lowest BCUT2D eigenvalue weighted by atomic mass is 10.1. The number of para-hydroxylation sites is 1. The van der Waals surface area contributed by atoms with Gasteiger partial charge in [0.1, 0.15) is 11.4 Å². The Morgan fingerprint density at radius 3 is 2.59 bits per heavy atom. The molecule has 34 heavy (non-hydrogen) atoms. The van der Waals surface area contributed by atoms with Gasteiger partial charge in [-0.25, -0.2) is 14.1 Å². The molecule has 0 unspecified atom stereocenters. The van der Waals surface area contributed by atoms with Crippen molar-refractivity contribution in [1.29, 1.82) is 0 Å². The van der Waals surface area contributed by atoms with Gasteiger partial charge in [-0.3, -0.25) is 14.9 Å². The van der Waals surface area contributed by atoms with Gasteiger partial charge in [0, 0.05) is 0 Å². The van der Waals surface area contributed by atoms with Gasteiger partial charge >= 0.3 is 5.97 Å². The molecule has 0 atom stereocenters. The summed E-state index contributed by atoms with van der Waals surface area (Å²) in [7, 11) is 0. The Morgan fingerprint density at radius 2 is 1.91 bits per heavy atom. The topological polar surface area (TPSA) is 94.2 Å². The van der Waals surface area contributed by atoms with Crippen LogP contribution in [-0.2, 0) is 19.1 Å². The number of halogens is 2. The zero-order valence-corrected chi connectivity index (χ0v) is 21.2. The van der Waals surface area contributed by atoms with Crippen molar-refractivity contribution in [3.05, 3.63) is 56.9 Å². The van der Waals surface area contributed by atoms with Crippen LogP contribution in [0.1, 0.15) is 19.4 Å². The number of nitrogens with zero attached hydrogens (tertiary/aromatic N) is 1. The highest BCUT2D eigenvalue weighted by molar-refractivity contribution is 14.1. The first kappa shape index (κ1) is 25.6. The van der Waals surface area contributed by atoms with Gasteiger partial charge in [-0.05, 0) is 84.6 Å². The highest BCUT2D eigenvalue weighted by atomic mass is 127. The summed E-state index contributed by atoms with van der Waals surface area (Å²) in [6.07, 6.45) is 1.35. The number of amides is 2. The van der Waals surface area contributed by atoms with Gasteiger partial charge in [-0.2, -0.15) is 0 Å². The second-order valence-corrected chi connectivity index (χ2v) is 8.31. The van der Waals surface area contributed by atoms with Gasteiger partial charge < -0.3 is 14.2 Å². The van der Waals surface area contributed by atoms with E-state index in [1.54, 1.807) is 32.0 Å². The highest BCUT2D eigenvalue weighted by Gasteiger charge is 2.35. The van der Waals surface area contributed by atoms with Crippen molar-refractivity contribution in [2.45, 2.75) is 13.8 Å². The van der Waals surface area contributed by atoms with Crippen LogP contribution in [0, 0.1) is 9.39 Å². The van der Waals surface area contributed by atoms with E-state index in [4.69, 9.17) is 26.4 Å². The Morgan fingerprint density at radius 1 is 1.18 bits per heavy atom. The first-order valence-electron chi connectivity index (χ1n) is 10.2. The maximum absolute atomic E-state index is 14.3. The number of carbonyl (C=O) groups is 3. The molecule has 2 aromatic rings. The molecule has 2 amide bonds. The highest BCUT2D eigenvalue weighted by Crippen LogP contribution is 2.35. The van der Waals surface area contributed by atoms with Crippen LogP contribution in [0.15, 0.2) is 42.0 Å². The first-order chi connectivity index (χ1) is 16.3.